The van der Waals surface area contributed by atoms with Gasteiger partial charge in [0.15, 0.2) is 0 Å². The number of sulfonamides is 1. The summed E-state index contributed by atoms with van der Waals surface area (Å²) in [5.41, 5.74) is 5.17. The summed E-state index contributed by atoms with van der Waals surface area (Å²) in [6.07, 6.45) is 1.41. The SMILES string of the molecule is COc1ccc(Cl)cc1N(CC(=O)N/N=C\c1cc(C)n(-c2ccc(F)cc2)c1C)S(=O)(=O)c1ccc(C)c([N+](=O)[O-])c1. The Hall–Kier alpha value is -4.75. The average Bonchev–Trinajstić information content (AvgIpc) is 3.24. The van der Waals surface area contributed by atoms with Gasteiger partial charge in [-0.25, -0.2) is 18.2 Å². The van der Waals surface area contributed by atoms with E-state index in [0.29, 0.717) is 5.56 Å². The van der Waals surface area contributed by atoms with Gasteiger partial charge in [-0.1, -0.05) is 17.7 Å². The first kappa shape index (κ1) is 31.2. The molecule has 1 N–H and O–H groups in total. The monoisotopic (exact) mass is 627 g/mol. The predicted octanol–water partition coefficient (Wildman–Crippen LogP) is 5.46. The molecule has 0 bridgehead atoms. The first-order valence-electron chi connectivity index (χ1n) is 12.7. The van der Waals surface area contributed by atoms with Crippen molar-refractivity contribution in [2.24, 2.45) is 5.10 Å². The summed E-state index contributed by atoms with van der Waals surface area (Å²) < 4.78 is 49.0. The van der Waals surface area contributed by atoms with Crippen molar-refractivity contribution in [3.63, 3.8) is 0 Å². The van der Waals surface area contributed by atoms with Crippen LogP contribution < -0.4 is 14.5 Å². The Morgan fingerprint density at radius 1 is 1.12 bits per heavy atom. The number of rotatable bonds is 10. The third-order valence-electron chi connectivity index (χ3n) is 6.61. The molecule has 0 aliphatic rings. The molecule has 43 heavy (non-hydrogen) atoms. The third kappa shape index (κ3) is 6.68. The highest BCUT2D eigenvalue weighted by atomic mass is 35.5. The molecule has 11 nitrogen and oxygen atoms in total. The van der Waals surface area contributed by atoms with Gasteiger partial charge in [0.2, 0.25) is 0 Å². The minimum Gasteiger partial charge on any atom is -0.495 e. The highest BCUT2D eigenvalue weighted by Gasteiger charge is 2.31. The van der Waals surface area contributed by atoms with Gasteiger partial charge in [0, 0.05) is 39.3 Å². The van der Waals surface area contributed by atoms with Gasteiger partial charge in [-0.2, -0.15) is 5.10 Å². The number of nitrogens with zero attached hydrogens (tertiary/aromatic N) is 4. The maximum Gasteiger partial charge on any atom is 0.273 e. The largest absolute Gasteiger partial charge is 0.495 e. The van der Waals surface area contributed by atoms with Gasteiger partial charge in [-0.3, -0.25) is 19.2 Å². The van der Waals surface area contributed by atoms with E-state index in [4.69, 9.17) is 16.3 Å². The van der Waals surface area contributed by atoms with Crippen molar-refractivity contribution in [1.29, 1.82) is 0 Å². The zero-order valence-corrected chi connectivity index (χ0v) is 25.1. The smallest absolute Gasteiger partial charge is 0.273 e. The van der Waals surface area contributed by atoms with E-state index in [1.165, 1.54) is 62.7 Å². The van der Waals surface area contributed by atoms with Crippen LogP contribution in [-0.2, 0) is 14.8 Å². The number of aromatic nitrogens is 1. The maximum atomic E-state index is 13.8. The lowest BCUT2D eigenvalue weighted by Crippen LogP contribution is -2.39. The van der Waals surface area contributed by atoms with Crippen molar-refractivity contribution >= 4 is 45.1 Å². The van der Waals surface area contributed by atoms with Gasteiger partial charge in [-0.05, 0) is 75.4 Å². The number of anilines is 1. The van der Waals surface area contributed by atoms with Crippen molar-refractivity contribution < 1.29 is 27.3 Å². The average molecular weight is 628 g/mol. The van der Waals surface area contributed by atoms with Gasteiger partial charge in [-0.15, -0.1) is 0 Å². The van der Waals surface area contributed by atoms with E-state index in [1.54, 1.807) is 12.1 Å². The summed E-state index contributed by atoms with van der Waals surface area (Å²) in [7, 11) is -3.22. The van der Waals surface area contributed by atoms with Crippen molar-refractivity contribution in [3.05, 3.63) is 110 Å². The third-order valence-corrected chi connectivity index (χ3v) is 8.60. The number of halogens is 2. The van der Waals surface area contributed by atoms with Crippen molar-refractivity contribution in [2.75, 3.05) is 18.0 Å². The van der Waals surface area contributed by atoms with E-state index in [9.17, 15) is 27.7 Å². The van der Waals surface area contributed by atoms with Crippen molar-refractivity contribution in [2.45, 2.75) is 25.7 Å². The number of hydrogen-bond donors (Lipinski definition) is 1. The number of amides is 1. The van der Waals surface area contributed by atoms with Crippen LogP contribution in [0, 0.1) is 36.7 Å². The second-order valence-corrected chi connectivity index (χ2v) is 11.8. The van der Waals surface area contributed by atoms with Gasteiger partial charge in [0.25, 0.3) is 21.6 Å². The van der Waals surface area contributed by atoms with E-state index in [2.05, 4.69) is 10.5 Å². The van der Waals surface area contributed by atoms with Gasteiger partial charge in [0.1, 0.15) is 18.1 Å². The number of methoxy groups -OCH3 is 1. The van der Waals surface area contributed by atoms with E-state index < -0.39 is 38.0 Å². The molecule has 0 unspecified atom stereocenters. The molecule has 0 fully saturated rings. The molecule has 0 aliphatic heterocycles. The second-order valence-electron chi connectivity index (χ2n) is 9.46. The number of nitro groups is 1. The van der Waals surface area contributed by atoms with E-state index >= 15 is 0 Å². The van der Waals surface area contributed by atoms with Crippen molar-refractivity contribution in [1.82, 2.24) is 9.99 Å². The number of carbonyl (C=O) groups is 1. The Morgan fingerprint density at radius 3 is 2.47 bits per heavy atom. The first-order valence-corrected chi connectivity index (χ1v) is 14.5. The Balaban J connectivity index is 1.65. The normalized spacial score (nSPS) is 11.5. The van der Waals surface area contributed by atoms with Crippen LogP contribution >= 0.6 is 11.6 Å². The lowest BCUT2D eigenvalue weighted by Gasteiger charge is -2.25. The molecule has 14 heteroatoms. The molecular weight excluding hydrogens is 601 g/mol. The Bertz CT molecular complexity index is 1840. The fourth-order valence-corrected chi connectivity index (χ4v) is 6.09. The standard InChI is InChI=1S/C29H27ClFN5O6S/c1-18-5-11-25(15-26(18)36(38)39)43(40,41)34(27-14-22(30)6-12-28(27)42-4)17-29(37)33-32-16-21-13-19(2)35(20(21)3)24-9-7-23(31)8-10-24/h5-16H,17H2,1-4H3,(H,33,37)/b32-16-. The van der Waals surface area contributed by atoms with Crippen LogP contribution in [0.25, 0.3) is 5.69 Å². The second kappa shape index (κ2) is 12.6. The Labute approximate surface area is 252 Å². The lowest BCUT2D eigenvalue weighted by atomic mass is 10.2. The molecule has 224 valence electrons. The summed E-state index contributed by atoms with van der Waals surface area (Å²) in [4.78, 5) is 23.5. The molecule has 1 heterocycles. The number of benzene rings is 3. The predicted molar refractivity (Wildman–Crippen MR) is 161 cm³/mol. The van der Waals surface area contributed by atoms with Gasteiger partial charge < -0.3 is 9.30 Å². The van der Waals surface area contributed by atoms with Crippen LogP contribution in [-0.4, -0.2) is 43.7 Å². The molecule has 0 aliphatic carbocycles. The van der Waals surface area contributed by atoms with E-state index in [0.717, 1.165) is 27.4 Å². The number of hydrogen-bond acceptors (Lipinski definition) is 7. The number of carbonyl (C=O) groups excluding carboxylic acids is 1. The fraction of sp³-hybridized carbons (Fsp3) is 0.172. The summed E-state index contributed by atoms with van der Waals surface area (Å²) in [6.45, 7) is 4.42. The zero-order chi connectivity index (χ0) is 31.5. The number of hydrazone groups is 1. The summed E-state index contributed by atoms with van der Waals surface area (Å²) >= 11 is 6.16. The van der Waals surface area contributed by atoms with Gasteiger partial charge >= 0.3 is 0 Å². The zero-order valence-electron chi connectivity index (χ0n) is 23.5. The molecule has 1 aromatic heterocycles. The van der Waals surface area contributed by atoms with Crippen molar-refractivity contribution in [3.8, 4) is 11.4 Å². The highest BCUT2D eigenvalue weighted by Crippen LogP contribution is 2.35. The molecular formula is C29H27ClFN5O6S. The van der Waals surface area contributed by atoms with Crippen LogP contribution in [0.3, 0.4) is 0 Å². The molecule has 0 saturated heterocycles. The quantitative estimate of drug-likeness (QED) is 0.141. The molecule has 4 aromatic rings. The van der Waals surface area contributed by atoms with Crippen LogP contribution in [0.2, 0.25) is 5.02 Å². The molecule has 1 amide bonds. The molecule has 0 atom stereocenters. The number of ether oxygens (including phenoxy) is 1. The maximum absolute atomic E-state index is 13.8. The Morgan fingerprint density at radius 2 is 1.81 bits per heavy atom. The molecule has 0 spiro atoms. The van der Waals surface area contributed by atoms with E-state index in [-0.39, 0.29) is 27.8 Å². The number of nitrogens with one attached hydrogen (secondary N) is 1. The number of aryl methyl sites for hydroxylation is 2. The van der Waals surface area contributed by atoms with Crippen LogP contribution in [0.4, 0.5) is 15.8 Å². The fourth-order valence-electron chi connectivity index (χ4n) is 4.48. The number of nitro benzene ring substituents is 1. The topological polar surface area (TPSA) is 136 Å². The Kier molecular flexibility index (Phi) is 9.16. The summed E-state index contributed by atoms with van der Waals surface area (Å²) in [5, 5.41) is 15.7. The highest BCUT2D eigenvalue weighted by molar-refractivity contribution is 7.92. The minimum absolute atomic E-state index is 0.0554. The van der Waals surface area contributed by atoms with Crippen LogP contribution in [0.15, 0.2) is 76.7 Å². The molecule has 0 saturated carbocycles. The van der Waals surface area contributed by atoms with E-state index in [1.807, 2.05) is 24.5 Å². The lowest BCUT2D eigenvalue weighted by molar-refractivity contribution is -0.385. The molecule has 0 radical (unpaired) electrons. The van der Waals surface area contributed by atoms with Crippen LogP contribution in [0.5, 0.6) is 5.75 Å². The minimum atomic E-state index is -4.54. The van der Waals surface area contributed by atoms with Crippen LogP contribution in [0.1, 0.15) is 22.5 Å². The molecule has 3 aromatic carbocycles. The van der Waals surface area contributed by atoms with Gasteiger partial charge in [0.05, 0.1) is 28.8 Å². The summed E-state index contributed by atoms with van der Waals surface area (Å²) in [5.74, 6) is -1.07. The summed E-state index contributed by atoms with van der Waals surface area (Å²) in [6, 6.07) is 15.5. The molecule has 4 rings (SSSR count). The first-order chi connectivity index (χ1) is 20.3.